The molecule has 0 saturated carbocycles. The second-order valence-corrected chi connectivity index (χ2v) is 19.7. The number of nitrogens with zero attached hydrogens (tertiary/aromatic N) is 3. The molecule has 0 radical (unpaired) electrons. The lowest BCUT2D eigenvalue weighted by atomic mass is 9.98. The molecule has 2 aromatic heterocycles. The molecular formula is C50H75FN4O2S. The SMILES string of the molecule is CC(C)c1ccc2cc[nH]c2c1.CC(C)c1cccc(-c2ccncc2)c1.CCC(C)C.CCS(=O)(=O)N1CCN(C(C)(C)C)CC1.Cc1ccc(C(C)C)c(F)c1. The summed E-state index contributed by atoms with van der Waals surface area (Å²) in [6.07, 6.45) is 6.95. The van der Waals surface area contributed by atoms with Gasteiger partial charge < -0.3 is 4.98 Å². The zero-order valence-electron chi connectivity index (χ0n) is 38.2. The van der Waals surface area contributed by atoms with Gasteiger partial charge in [-0.2, -0.15) is 4.31 Å². The predicted octanol–water partition coefficient (Wildman–Crippen LogP) is 13.2. The third-order valence-electron chi connectivity index (χ3n) is 10.4. The Morgan fingerprint density at radius 1 is 0.724 bits per heavy atom. The van der Waals surface area contributed by atoms with E-state index in [1.807, 2.05) is 63.6 Å². The van der Waals surface area contributed by atoms with Crippen LogP contribution in [0.25, 0.3) is 22.0 Å². The Morgan fingerprint density at radius 3 is 1.81 bits per heavy atom. The van der Waals surface area contributed by atoms with E-state index in [4.69, 9.17) is 0 Å². The molecule has 6 nitrogen and oxygen atoms in total. The molecule has 0 aliphatic carbocycles. The third-order valence-corrected chi connectivity index (χ3v) is 12.2. The number of fused-ring (bicyclic) bond motifs is 1. The van der Waals surface area contributed by atoms with E-state index in [9.17, 15) is 12.8 Å². The Balaban J connectivity index is 0.000000258. The number of pyridine rings is 1. The Bertz CT molecular complexity index is 2010. The number of piperazine rings is 1. The summed E-state index contributed by atoms with van der Waals surface area (Å²) in [6, 6.07) is 26.8. The van der Waals surface area contributed by atoms with Gasteiger partial charge in [-0.15, -0.1) is 0 Å². The fourth-order valence-electron chi connectivity index (χ4n) is 5.97. The highest BCUT2D eigenvalue weighted by molar-refractivity contribution is 7.89. The van der Waals surface area contributed by atoms with Crippen molar-refractivity contribution in [2.45, 2.75) is 127 Å². The van der Waals surface area contributed by atoms with Crippen LogP contribution >= 0.6 is 0 Å². The Hall–Kier alpha value is -3.85. The minimum absolute atomic E-state index is 0.0833. The van der Waals surface area contributed by atoms with Gasteiger partial charge in [-0.05, 0) is 127 Å². The van der Waals surface area contributed by atoms with Crippen molar-refractivity contribution >= 4 is 20.9 Å². The quantitative estimate of drug-likeness (QED) is 0.178. The van der Waals surface area contributed by atoms with Gasteiger partial charge in [0.1, 0.15) is 5.82 Å². The maximum absolute atomic E-state index is 13.1. The van der Waals surface area contributed by atoms with Gasteiger partial charge >= 0.3 is 0 Å². The number of H-pyrrole nitrogens is 1. The monoisotopic (exact) mass is 815 g/mol. The summed E-state index contributed by atoms with van der Waals surface area (Å²) in [5.74, 6) is 2.47. The van der Waals surface area contributed by atoms with Gasteiger partial charge in [-0.3, -0.25) is 9.88 Å². The van der Waals surface area contributed by atoms with Gasteiger partial charge in [0.15, 0.2) is 0 Å². The molecule has 0 atom stereocenters. The molecule has 1 saturated heterocycles. The first-order valence-electron chi connectivity index (χ1n) is 21.3. The minimum Gasteiger partial charge on any atom is -0.361 e. The van der Waals surface area contributed by atoms with Crippen molar-refractivity contribution in [3.63, 3.8) is 0 Å². The molecule has 0 spiro atoms. The van der Waals surface area contributed by atoms with Crippen molar-refractivity contribution in [1.29, 1.82) is 0 Å². The number of halogens is 1. The van der Waals surface area contributed by atoms with Crippen LogP contribution in [0.1, 0.15) is 136 Å². The lowest BCUT2D eigenvalue weighted by Gasteiger charge is -2.41. The highest BCUT2D eigenvalue weighted by atomic mass is 32.2. The van der Waals surface area contributed by atoms with E-state index >= 15 is 0 Å². The molecule has 320 valence electrons. The smallest absolute Gasteiger partial charge is 0.213 e. The van der Waals surface area contributed by atoms with Crippen molar-refractivity contribution in [2.24, 2.45) is 5.92 Å². The molecule has 6 rings (SSSR count). The average Bonchev–Trinajstić information content (AvgIpc) is 3.67. The molecular weight excluding hydrogens is 740 g/mol. The first kappa shape index (κ1) is 50.3. The van der Waals surface area contributed by atoms with E-state index in [1.165, 1.54) is 39.6 Å². The van der Waals surface area contributed by atoms with Crippen molar-refractivity contribution in [2.75, 3.05) is 31.9 Å². The van der Waals surface area contributed by atoms with Gasteiger partial charge in [0, 0.05) is 55.8 Å². The summed E-state index contributed by atoms with van der Waals surface area (Å²) in [6.45, 7) is 32.5. The van der Waals surface area contributed by atoms with Crippen LogP contribution in [0.2, 0.25) is 0 Å². The number of aromatic nitrogens is 2. The van der Waals surface area contributed by atoms with E-state index in [-0.39, 0.29) is 23.0 Å². The second kappa shape index (κ2) is 24.3. The van der Waals surface area contributed by atoms with Gasteiger partial charge in [0.05, 0.1) is 5.75 Å². The van der Waals surface area contributed by atoms with Gasteiger partial charge in [0.25, 0.3) is 0 Å². The number of sulfonamides is 1. The summed E-state index contributed by atoms with van der Waals surface area (Å²) in [4.78, 5) is 9.57. The van der Waals surface area contributed by atoms with E-state index < -0.39 is 10.0 Å². The fraction of sp³-hybridized carbons (Fsp3) is 0.500. The number of hydrogen-bond donors (Lipinski definition) is 1. The standard InChI is InChI=1S/C14H15N.C11H13N.C10H13F.C10H22N2O2S.C5H12/c1-11(2)13-4-3-5-14(10-13)12-6-8-15-9-7-12;1-8(2)10-4-3-9-5-6-12-11(9)7-10;1-7(2)9-5-4-8(3)6-10(9)11;1-5-15(13,14)12-8-6-11(7-9-12)10(2,3)4;1-4-5(2)3/h3-11H,1-2H3;3-8,12H,1-2H3;4-7H,1-3H3;5-9H2,1-4H3;5H,4H2,1-3H3. The van der Waals surface area contributed by atoms with Crippen molar-refractivity contribution < 1.29 is 12.8 Å². The van der Waals surface area contributed by atoms with E-state index in [0.717, 1.165) is 30.1 Å². The van der Waals surface area contributed by atoms with Crippen LogP contribution in [0.15, 0.2) is 97.5 Å². The molecule has 0 bridgehead atoms. The summed E-state index contributed by atoms with van der Waals surface area (Å²) in [5, 5.41) is 1.29. The summed E-state index contributed by atoms with van der Waals surface area (Å²) in [5.41, 5.74) is 8.43. The number of rotatable bonds is 7. The number of hydrogen-bond acceptors (Lipinski definition) is 4. The molecule has 1 N–H and O–H groups in total. The molecule has 0 amide bonds. The molecule has 1 aliphatic rings. The van der Waals surface area contributed by atoms with E-state index in [2.05, 4.69) is 133 Å². The number of aryl methyl sites for hydroxylation is 1. The summed E-state index contributed by atoms with van der Waals surface area (Å²) in [7, 11) is -2.98. The fourth-order valence-corrected chi connectivity index (χ4v) is 7.05. The predicted molar refractivity (Wildman–Crippen MR) is 249 cm³/mol. The Kier molecular flexibility index (Phi) is 21.1. The molecule has 58 heavy (non-hydrogen) atoms. The Morgan fingerprint density at radius 2 is 1.31 bits per heavy atom. The van der Waals surface area contributed by atoms with E-state index in [1.54, 1.807) is 17.3 Å². The molecule has 3 heterocycles. The molecule has 1 aliphatic heterocycles. The number of benzene rings is 3. The zero-order chi connectivity index (χ0) is 43.6. The average molecular weight is 815 g/mol. The highest BCUT2D eigenvalue weighted by Crippen LogP contribution is 2.24. The maximum Gasteiger partial charge on any atom is 0.213 e. The normalized spacial score (nSPS) is 13.6. The zero-order valence-corrected chi connectivity index (χ0v) is 39.1. The van der Waals surface area contributed by atoms with Crippen LogP contribution in [-0.4, -0.2) is 65.1 Å². The summed E-state index contributed by atoms with van der Waals surface area (Å²) < 4.78 is 37.9. The van der Waals surface area contributed by atoms with Gasteiger partial charge in [0.2, 0.25) is 10.0 Å². The van der Waals surface area contributed by atoms with Crippen molar-refractivity contribution in [3.8, 4) is 11.1 Å². The highest BCUT2D eigenvalue weighted by Gasteiger charge is 2.30. The van der Waals surface area contributed by atoms with Crippen LogP contribution in [0, 0.1) is 18.7 Å². The number of aromatic amines is 1. The van der Waals surface area contributed by atoms with Crippen LogP contribution in [-0.2, 0) is 10.0 Å². The van der Waals surface area contributed by atoms with Crippen LogP contribution in [0.5, 0.6) is 0 Å². The van der Waals surface area contributed by atoms with Gasteiger partial charge in [-0.1, -0.05) is 117 Å². The molecule has 5 aromatic rings. The number of nitrogens with one attached hydrogen (secondary N) is 1. The van der Waals surface area contributed by atoms with Crippen LogP contribution < -0.4 is 0 Å². The summed E-state index contributed by atoms with van der Waals surface area (Å²) >= 11 is 0. The maximum atomic E-state index is 13.1. The van der Waals surface area contributed by atoms with Crippen molar-refractivity contribution in [1.82, 2.24) is 19.2 Å². The molecule has 3 aromatic carbocycles. The van der Waals surface area contributed by atoms with E-state index in [0.29, 0.717) is 24.9 Å². The lowest BCUT2D eigenvalue weighted by molar-refractivity contribution is 0.0922. The minimum atomic E-state index is -2.98. The van der Waals surface area contributed by atoms with Crippen LogP contribution in [0.4, 0.5) is 4.39 Å². The largest absolute Gasteiger partial charge is 0.361 e. The van der Waals surface area contributed by atoms with Gasteiger partial charge in [-0.25, -0.2) is 12.8 Å². The Labute approximate surface area is 352 Å². The third kappa shape index (κ3) is 17.2. The van der Waals surface area contributed by atoms with Crippen molar-refractivity contribution in [3.05, 3.63) is 126 Å². The molecule has 0 unspecified atom stereocenters. The topological polar surface area (TPSA) is 69.3 Å². The lowest BCUT2D eigenvalue weighted by Crippen LogP contribution is -2.54. The molecule has 1 fully saturated rings. The first-order chi connectivity index (χ1) is 27.2. The molecule has 8 heteroatoms. The van der Waals surface area contributed by atoms with Crippen LogP contribution in [0.3, 0.4) is 0 Å². The second-order valence-electron chi connectivity index (χ2n) is 17.4. The first-order valence-corrected chi connectivity index (χ1v) is 22.9.